The van der Waals surface area contributed by atoms with Crippen molar-refractivity contribution in [3.05, 3.63) is 29.3 Å². The van der Waals surface area contributed by atoms with E-state index in [9.17, 15) is 0 Å². The lowest BCUT2D eigenvalue weighted by Crippen LogP contribution is -2.29. The number of anilines is 1. The largest absolute Gasteiger partial charge is 0.388 e. The predicted octanol–water partition coefficient (Wildman–Crippen LogP) is 3.65. The molecule has 1 heterocycles. The number of para-hydroxylation sites is 1. The molecule has 2 rings (SSSR count). The number of carbonyl (C=O) groups excluding carboxylic acids is 1. The van der Waals surface area contributed by atoms with Gasteiger partial charge >= 0.3 is 0 Å². The van der Waals surface area contributed by atoms with Crippen LogP contribution in [0.3, 0.4) is 0 Å². The second kappa shape index (κ2) is 11.5. The highest BCUT2D eigenvalue weighted by atomic mass is 16.1. The minimum atomic E-state index is 1.25. The first-order chi connectivity index (χ1) is 9.69. The molecule has 3 heteroatoms. The zero-order valence-corrected chi connectivity index (χ0v) is 13.5. The Balaban J connectivity index is 0.000000327. The maximum atomic E-state index is 8.00. The lowest BCUT2D eigenvalue weighted by atomic mass is 10.1. The Hall–Kier alpha value is -1.35. The highest BCUT2D eigenvalue weighted by Crippen LogP contribution is 2.17. The second-order valence-corrected chi connectivity index (χ2v) is 5.01. The topological polar surface area (TPSA) is 32.3 Å². The first-order valence-corrected chi connectivity index (χ1v) is 7.44. The van der Waals surface area contributed by atoms with Crippen LogP contribution >= 0.6 is 0 Å². The van der Waals surface area contributed by atoms with Crippen molar-refractivity contribution in [3.63, 3.8) is 0 Å². The normalized spacial score (nSPS) is 14.4. The highest BCUT2D eigenvalue weighted by Gasteiger charge is 2.05. The molecule has 1 N–H and O–H groups in total. The summed E-state index contributed by atoms with van der Waals surface area (Å²) >= 11 is 0. The summed E-state index contributed by atoms with van der Waals surface area (Å²) in [5.74, 6) is 0. The van der Waals surface area contributed by atoms with Crippen molar-refractivity contribution in [2.45, 2.75) is 40.0 Å². The van der Waals surface area contributed by atoms with E-state index in [1.807, 2.05) is 13.8 Å². The monoisotopic (exact) mass is 278 g/mol. The number of likely N-dealkylation sites (tertiary alicyclic amines) is 1. The van der Waals surface area contributed by atoms with Crippen molar-refractivity contribution >= 4 is 12.5 Å². The van der Waals surface area contributed by atoms with Crippen LogP contribution in [0, 0.1) is 13.8 Å². The smallest absolute Gasteiger partial charge is 0.106 e. The first kappa shape index (κ1) is 18.7. The van der Waals surface area contributed by atoms with Crippen LogP contribution in [-0.2, 0) is 4.79 Å². The number of carbonyl (C=O) groups is 1. The van der Waals surface area contributed by atoms with Gasteiger partial charge in [-0.25, -0.2) is 0 Å². The van der Waals surface area contributed by atoms with E-state index in [2.05, 4.69) is 49.2 Å². The SMILES string of the molecule is C=O.CCN1CCCCC1.CNc1c(C)cccc1C. The number of nitrogens with zero attached hydrogens (tertiary/aromatic N) is 1. The third kappa shape index (κ3) is 6.71. The molecular formula is C17H30N2O. The van der Waals surface area contributed by atoms with Crippen LogP contribution in [0.25, 0.3) is 0 Å². The van der Waals surface area contributed by atoms with E-state index in [1.54, 1.807) is 0 Å². The molecule has 20 heavy (non-hydrogen) atoms. The number of rotatable bonds is 2. The predicted molar refractivity (Wildman–Crippen MR) is 88.5 cm³/mol. The minimum absolute atomic E-state index is 1.25. The van der Waals surface area contributed by atoms with Gasteiger partial charge in [0.2, 0.25) is 0 Å². The minimum Gasteiger partial charge on any atom is -0.388 e. The zero-order chi connectivity index (χ0) is 15.4. The van der Waals surface area contributed by atoms with E-state index >= 15 is 0 Å². The molecule has 0 aromatic heterocycles. The molecule has 0 spiro atoms. The molecule has 3 nitrogen and oxygen atoms in total. The molecule has 0 saturated carbocycles. The second-order valence-electron chi connectivity index (χ2n) is 5.01. The summed E-state index contributed by atoms with van der Waals surface area (Å²) < 4.78 is 0. The number of aryl methyl sites for hydroxylation is 2. The fraction of sp³-hybridized carbons (Fsp3) is 0.588. The van der Waals surface area contributed by atoms with Crippen molar-refractivity contribution in [2.24, 2.45) is 0 Å². The van der Waals surface area contributed by atoms with E-state index in [-0.39, 0.29) is 0 Å². The fourth-order valence-corrected chi connectivity index (χ4v) is 2.48. The van der Waals surface area contributed by atoms with E-state index < -0.39 is 0 Å². The molecule has 1 saturated heterocycles. The van der Waals surface area contributed by atoms with Gasteiger partial charge in [0.1, 0.15) is 6.79 Å². The van der Waals surface area contributed by atoms with Crippen molar-refractivity contribution in [1.82, 2.24) is 4.90 Å². The molecule has 0 bridgehead atoms. The molecule has 0 amide bonds. The van der Waals surface area contributed by atoms with Crippen LogP contribution in [0.1, 0.15) is 37.3 Å². The lowest BCUT2D eigenvalue weighted by Gasteiger charge is -2.24. The standard InChI is InChI=1S/C9H13N.C7H15N.CH2O/c1-7-5-4-6-8(2)9(7)10-3;1-2-8-6-4-3-5-7-8;1-2/h4-6,10H,1-3H3;2-7H2,1H3;1H2. The molecule has 0 atom stereocenters. The molecule has 114 valence electrons. The first-order valence-electron chi connectivity index (χ1n) is 7.44. The van der Waals surface area contributed by atoms with Crippen molar-refractivity contribution in [2.75, 3.05) is 32.0 Å². The maximum absolute atomic E-state index is 8.00. The van der Waals surface area contributed by atoms with Crippen LogP contribution in [0.4, 0.5) is 5.69 Å². The van der Waals surface area contributed by atoms with Gasteiger partial charge in [-0.05, 0) is 57.5 Å². The van der Waals surface area contributed by atoms with E-state index in [0.29, 0.717) is 0 Å². The Kier molecular flexibility index (Phi) is 10.7. The van der Waals surface area contributed by atoms with Crippen molar-refractivity contribution < 1.29 is 4.79 Å². The summed E-state index contributed by atoms with van der Waals surface area (Å²) in [7, 11) is 1.95. The molecule has 1 aromatic carbocycles. The molecule has 0 radical (unpaired) electrons. The van der Waals surface area contributed by atoms with Crippen molar-refractivity contribution in [1.29, 1.82) is 0 Å². The van der Waals surface area contributed by atoms with Crippen LogP contribution in [0.2, 0.25) is 0 Å². The van der Waals surface area contributed by atoms with Crippen molar-refractivity contribution in [3.8, 4) is 0 Å². The lowest BCUT2D eigenvalue weighted by molar-refractivity contribution is -0.0979. The fourth-order valence-electron chi connectivity index (χ4n) is 2.48. The average molecular weight is 278 g/mol. The average Bonchev–Trinajstić information content (AvgIpc) is 2.51. The summed E-state index contributed by atoms with van der Waals surface area (Å²) in [6, 6.07) is 6.29. The summed E-state index contributed by atoms with van der Waals surface area (Å²) in [6.07, 6.45) is 4.30. The molecule has 1 aliphatic rings. The van der Waals surface area contributed by atoms with E-state index in [4.69, 9.17) is 4.79 Å². The summed E-state index contributed by atoms with van der Waals surface area (Å²) in [6.45, 7) is 12.4. The van der Waals surface area contributed by atoms with Gasteiger partial charge in [0.15, 0.2) is 0 Å². The zero-order valence-electron chi connectivity index (χ0n) is 13.5. The number of piperidine rings is 1. The molecule has 1 aromatic rings. The number of nitrogens with one attached hydrogen (secondary N) is 1. The number of hydrogen-bond donors (Lipinski definition) is 1. The van der Waals surface area contributed by atoms with E-state index in [0.717, 1.165) is 0 Å². The summed E-state index contributed by atoms with van der Waals surface area (Å²) in [4.78, 5) is 10.5. The van der Waals surface area contributed by atoms with Gasteiger partial charge < -0.3 is 15.0 Å². The number of benzene rings is 1. The van der Waals surface area contributed by atoms with Crippen LogP contribution in [0.5, 0.6) is 0 Å². The number of hydrogen-bond acceptors (Lipinski definition) is 3. The van der Waals surface area contributed by atoms with Gasteiger partial charge in [-0.3, -0.25) is 0 Å². The third-order valence-corrected chi connectivity index (χ3v) is 3.63. The van der Waals surface area contributed by atoms with Gasteiger partial charge in [-0.1, -0.05) is 31.5 Å². The Bertz CT molecular complexity index is 340. The highest BCUT2D eigenvalue weighted by molar-refractivity contribution is 5.55. The molecular weight excluding hydrogens is 248 g/mol. The van der Waals surface area contributed by atoms with E-state index in [1.165, 1.54) is 55.7 Å². The van der Waals surface area contributed by atoms with Crippen LogP contribution in [0.15, 0.2) is 18.2 Å². The molecule has 1 aliphatic heterocycles. The quantitative estimate of drug-likeness (QED) is 0.896. The maximum Gasteiger partial charge on any atom is 0.106 e. The van der Waals surface area contributed by atoms with Gasteiger partial charge in [0, 0.05) is 12.7 Å². The molecule has 1 fully saturated rings. The summed E-state index contributed by atoms with van der Waals surface area (Å²) in [5.41, 5.74) is 3.87. The van der Waals surface area contributed by atoms with Gasteiger partial charge in [0.25, 0.3) is 0 Å². The Morgan fingerprint density at radius 1 is 1.10 bits per heavy atom. The van der Waals surface area contributed by atoms with Crippen LogP contribution < -0.4 is 5.32 Å². The summed E-state index contributed by atoms with van der Waals surface area (Å²) in [5, 5.41) is 3.16. The Morgan fingerprint density at radius 3 is 1.90 bits per heavy atom. The van der Waals surface area contributed by atoms with Crippen LogP contribution in [-0.4, -0.2) is 38.4 Å². The van der Waals surface area contributed by atoms with Gasteiger partial charge in [0.05, 0.1) is 0 Å². The Labute approximate surface area is 124 Å². The Morgan fingerprint density at radius 2 is 1.60 bits per heavy atom. The van der Waals surface area contributed by atoms with Gasteiger partial charge in [-0.15, -0.1) is 0 Å². The molecule has 0 unspecified atom stereocenters. The third-order valence-electron chi connectivity index (χ3n) is 3.63. The van der Waals surface area contributed by atoms with Gasteiger partial charge in [-0.2, -0.15) is 0 Å². The molecule has 0 aliphatic carbocycles.